The second-order valence-electron chi connectivity index (χ2n) is 3.70. The second-order valence-corrected chi connectivity index (χ2v) is 4.52. The Hall–Kier alpha value is -0.740. The lowest BCUT2D eigenvalue weighted by molar-refractivity contribution is 0.436. The quantitative estimate of drug-likeness (QED) is 0.745. The van der Waals surface area contributed by atoms with Crippen LogP contribution < -0.4 is 5.73 Å². The number of hydrogen-bond donors (Lipinski definition) is 2. The van der Waals surface area contributed by atoms with Gasteiger partial charge < -0.3 is 10.8 Å². The third-order valence-corrected chi connectivity index (χ3v) is 2.77. The van der Waals surface area contributed by atoms with Gasteiger partial charge in [-0.15, -0.1) is 11.8 Å². The van der Waals surface area contributed by atoms with Crippen LogP contribution in [0, 0.1) is 5.82 Å². The molecule has 0 spiro atoms. The number of benzene rings is 1. The summed E-state index contributed by atoms with van der Waals surface area (Å²) in [6.07, 6.45) is 1.71. The standard InChI is InChI=1S/C10H14FNOS/c1-10(2,12)6-4-5-7(13)9(14-3)8(6)11/h4-5,13H,12H2,1-3H3. The molecule has 0 fully saturated rings. The summed E-state index contributed by atoms with van der Waals surface area (Å²) in [6.45, 7) is 3.46. The maximum Gasteiger partial charge on any atom is 0.145 e. The molecular formula is C10H14FNOS. The lowest BCUT2D eigenvalue weighted by Crippen LogP contribution is -2.30. The lowest BCUT2D eigenvalue weighted by Gasteiger charge is -2.21. The van der Waals surface area contributed by atoms with E-state index in [9.17, 15) is 9.50 Å². The number of halogens is 1. The van der Waals surface area contributed by atoms with Crippen LogP contribution in [0.5, 0.6) is 5.75 Å². The normalized spacial score (nSPS) is 11.8. The van der Waals surface area contributed by atoms with E-state index >= 15 is 0 Å². The molecule has 3 N–H and O–H groups in total. The Labute approximate surface area is 87.3 Å². The highest BCUT2D eigenvalue weighted by atomic mass is 32.2. The molecule has 1 aromatic carbocycles. The minimum Gasteiger partial charge on any atom is -0.507 e. The first-order valence-electron chi connectivity index (χ1n) is 4.22. The van der Waals surface area contributed by atoms with Crippen LogP contribution >= 0.6 is 11.8 Å². The predicted octanol–water partition coefficient (Wildman–Crippen LogP) is 2.45. The van der Waals surface area contributed by atoms with Crippen molar-refractivity contribution in [1.29, 1.82) is 0 Å². The largest absolute Gasteiger partial charge is 0.507 e. The van der Waals surface area contributed by atoms with E-state index in [1.807, 2.05) is 0 Å². The van der Waals surface area contributed by atoms with E-state index in [0.717, 1.165) is 0 Å². The Morgan fingerprint density at radius 2 is 2.00 bits per heavy atom. The van der Waals surface area contributed by atoms with Crippen LogP contribution in [-0.2, 0) is 5.54 Å². The molecule has 0 saturated carbocycles. The van der Waals surface area contributed by atoms with Crippen LogP contribution in [0.4, 0.5) is 4.39 Å². The summed E-state index contributed by atoms with van der Waals surface area (Å²) in [5.41, 5.74) is 5.48. The summed E-state index contributed by atoms with van der Waals surface area (Å²) >= 11 is 1.17. The molecule has 0 atom stereocenters. The Bertz CT molecular complexity index is 347. The summed E-state index contributed by atoms with van der Waals surface area (Å²) in [5, 5.41) is 9.38. The first-order valence-corrected chi connectivity index (χ1v) is 5.45. The zero-order chi connectivity index (χ0) is 10.9. The number of aromatic hydroxyl groups is 1. The predicted molar refractivity (Wildman–Crippen MR) is 57.1 cm³/mol. The van der Waals surface area contributed by atoms with Crippen LogP contribution in [0.3, 0.4) is 0 Å². The molecule has 0 aliphatic rings. The average molecular weight is 215 g/mol. The minimum atomic E-state index is -0.734. The molecular weight excluding hydrogens is 201 g/mol. The second kappa shape index (κ2) is 3.79. The minimum absolute atomic E-state index is 0.0389. The Morgan fingerprint density at radius 3 is 2.43 bits per heavy atom. The van der Waals surface area contributed by atoms with Crippen LogP contribution in [0.15, 0.2) is 17.0 Å². The van der Waals surface area contributed by atoms with Gasteiger partial charge in [-0.2, -0.15) is 0 Å². The molecule has 0 unspecified atom stereocenters. The summed E-state index contributed by atoms with van der Waals surface area (Å²) < 4.78 is 13.8. The number of thioether (sulfide) groups is 1. The van der Waals surface area contributed by atoms with Gasteiger partial charge in [-0.05, 0) is 26.2 Å². The van der Waals surface area contributed by atoms with Gasteiger partial charge in [0.15, 0.2) is 0 Å². The molecule has 0 aliphatic carbocycles. The van der Waals surface area contributed by atoms with Gasteiger partial charge in [-0.1, -0.05) is 6.07 Å². The van der Waals surface area contributed by atoms with E-state index in [0.29, 0.717) is 5.56 Å². The van der Waals surface area contributed by atoms with Crippen molar-refractivity contribution < 1.29 is 9.50 Å². The molecule has 4 heteroatoms. The van der Waals surface area contributed by atoms with E-state index in [2.05, 4.69) is 0 Å². The summed E-state index contributed by atoms with van der Waals surface area (Å²) in [6, 6.07) is 2.99. The van der Waals surface area contributed by atoms with E-state index < -0.39 is 11.4 Å². The van der Waals surface area contributed by atoms with Gasteiger partial charge >= 0.3 is 0 Å². The van der Waals surface area contributed by atoms with Gasteiger partial charge in [0.1, 0.15) is 11.6 Å². The summed E-state index contributed by atoms with van der Waals surface area (Å²) in [4.78, 5) is 0.251. The van der Waals surface area contributed by atoms with E-state index in [4.69, 9.17) is 5.73 Å². The first kappa shape index (κ1) is 11.3. The van der Waals surface area contributed by atoms with Crippen molar-refractivity contribution in [2.45, 2.75) is 24.3 Å². The van der Waals surface area contributed by atoms with Crippen molar-refractivity contribution in [2.75, 3.05) is 6.26 Å². The SMILES string of the molecule is CSc1c(O)ccc(C(C)(C)N)c1F. The Morgan fingerprint density at radius 1 is 1.43 bits per heavy atom. The van der Waals surface area contributed by atoms with E-state index in [-0.39, 0.29) is 10.6 Å². The van der Waals surface area contributed by atoms with Crippen molar-refractivity contribution in [3.8, 4) is 5.75 Å². The summed E-state index contributed by atoms with van der Waals surface area (Å²) in [7, 11) is 0. The smallest absolute Gasteiger partial charge is 0.145 e. The number of rotatable bonds is 2. The highest BCUT2D eigenvalue weighted by Crippen LogP contribution is 2.34. The molecule has 1 rings (SSSR count). The fourth-order valence-corrected chi connectivity index (χ4v) is 1.80. The van der Waals surface area contributed by atoms with E-state index in [1.165, 1.54) is 23.9 Å². The highest BCUT2D eigenvalue weighted by Gasteiger charge is 2.22. The molecule has 0 aromatic heterocycles. The van der Waals surface area contributed by atoms with E-state index in [1.54, 1.807) is 20.1 Å². The number of nitrogens with two attached hydrogens (primary N) is 1. The van der Waals surface area contributed by atoms with Gasteiger partial charge in [0.05, 0.1) is 4.90 Å². The maximum absolute atomic E-state index is 13.8. The number of phenolic OH excluding ortho intramolecular Hbond substituents is 1. The molecule has 0 radical (unpaired) electrons. The molecule has 0 saturated heterocycles. The van der Waals surface area contributed by atoms with Crippen molar-refractivity contribution in [1.82, 2.24) is 0 Å². The van der Waals surface area contributed by atoms with Crippen molar-refractivity contribution in [3.05, 3.63) is 23.5 Å². The third-order valence-electron chi connectivity index (χ3n) is 1.97. The topological polar surface area (TPSA) is 46.2 Å². The molecule has 14 heavy (non-hydrogen) atoms. The molecule has 0 amide bonds. The Kier molecular flexibility index (Phi) is 3.07. The monoisotopic (exact) mass is 215 g/mol. The number of hydrogen-bond acceptors (Lipinski definition) is 3. The third kappa shape index (κ3) is 2.01. The molecule has 2 nitrogen and oxygen atoms in total. The zero-order valence-corrected chi connectivity index (χ0v) is 9.28. The first-order chi connectivity index (χ1) is 6.38. The van der Waals surface area contributed by atoms with Gasteiger partial charge in [0.25, 0.3) is 0 Å². The molecule has 0 heterocycles. The van der Waals surface area contributed by atoms with Crippen LogP contribution in [-0.4, -0.2) is 11.4 Å². The van der Waals surface area contributed by atoms with Crippen molar-refractivity contribution in [3.63, 3.8) is 0 Å². The number of phenols is 1. The Balaban J connectivity index is 3.36. The van der Waals surface area contributed by atoms with Gasteiger partial charge in [0, 0.05) is 11.1 Å². The lowest BCUT2D eigenvalue weighted by atomic mass is 9.95. The van der Waals surface area contributed by atoms with Crippen molar-refractivity contribution in [2.24, 2.45) is 5.73 Å². The maximum atomic E-state index is 13.8. The van der Waals surface area contributed by atoms with Crippen LogP contribution in [0.1, 0.15) is 19.4 Å². The fraction of sp³-hybridized carbons (Fsp3) is 0.400. The molecule has 78 valence electrons. The molecule has 0 bridgehead atoms. The van der Waals surface area contributed by atoms with Crippen LogP contribution in [0.25, 0.3) is 0 Å². The highest BCUT2D eigenvalue weighted by molar-refractivity contribution is 7.98. The van der Waals surface area contributed by atoms with Crippen molar-refractivity contribution >= 4 is 11.8 Å². The fourth-order valence-electron chi connectivity index (χ4n) is 1.24. The van der Waals surface area contributed by atoms with Crippen LogP contribution in [0.2, 0.25) is 0 Å². The van der Waals surface area contributed by atoms with Gasteiger partial charge in [-0.25, -0.2) is 4.39 Å². The summed E-state index contributed by atoms with van der Waals surface area (Å²) in [5.74, 6) is -0.465. The van der Waals surface area contributed by atoms with Gasteiger partial charge in [-0.3, -0.25) is 0 Å². The average Bonchev–Trinajstić information content (AvgIpc) is 2.02. The molecule has 0 aliphatic heterocycles. The van der Waals surface area contributed by atoms with Gasteiger partial charge in [0.2, 0.25) is 0 Å². The molecule has 1 aromatic rings. The zero-order valence-electron chi connectivity index (χ0n) is 8.47.